The number of halogens is 3. The van der Waals surface area contributed by atoms with Crippen LogP contribution < -0.4 is 16.2 Å². The van der Waals surface area contributed by atoms with Crippen molar-refractivity contribution in [3.63, 3.8) is 0 Å². The van der Waals surface area contributed by atoms with Gasteiger partial charge >= 0.3 is 6.18 Å². The summed E-state index contributed by atoms with van der Waals surface area (Å²) in [6, 6.07) is 11.2. The van der Waals surface area contributed by atoms with Crippen LogP contribution in [0.3, 0.4) is 0 Å². The van der Waals surface area contributed by atoms with Gasteiger partial charge in [-0.1, -0.05) is 24.3 Å². The van der Waals surface area contributed by atoms with E-state index in [4.69, 9.17) is 0 Å². The number of nitrogens with one attached hydrogen (secondary N) is 2. The van der Waals surface area contributed by atoms with Gasteiger partial charge < -0.3 is 10.6 Å². The molecule has 168 valence electrons. The second kappa shape index (κ2) is 9.63. The number of anilines is 1. The summed E-state index contributed by atoms with van der Waals surface area (Å²) >= 11 is 0. The first kappa shape index (κ1) is 23.0. The molecule has 0 aliphatic heterocycles. The zero-order valence-electron chi connectivity index (χ0n) is 17.2. The maximum Gasteiger partial charge on any atom is 0.418 e. The van der Waals surface area contributed by atoms with Gasteiger partial charge in [0, 0.05) is 19.4 Å². The number of para-hydroxylation sites is 3. The van der Waals surface area contributed by atoms with E-state index in [1.807, 2.05) is 0 Å². The average Bonchev–Trinajstić information content (AvgIpc) is 2.74. The van der Waals surface area contributed by atoms with Crippen molar-refractivity contribution in [2.45, 2.75) is 32.5 Å². The van der Waals surface area contributed by atoms with Crippen molar-refractivity contribution >= 4 is 28.5 Å². The number of carbonyl (C=O) groups is 2. The third-order valence-electron chi connectivity index (χ3n) is 4.69. The van der Waals surface area contributed by atoms with E-state index in [1.54, 1.807) is 31.2 Å². The number of aryl methyl sites for hydroxylation is 1. The summed E-state index contributed by atoms with van der Waals surface area (Å²) in [5.41, 5.74) is -1.07. The van der Waals surface area contributed by atoms with E-state index >= 15 is 0 Å². The van der Waals surface area contributed by atoms with E-state index in [9.17, 15) is 27.6 Å². The molecular formula is C22H21F3N4O3. The number of aromatic nitrogens is 2. The molecule has 0 radical (unpaired) electrons. The summed E-state index contributed by atoms with van der Waals surface area (Å²) in [6.07, 6.45) is -4.54. The minimum absolute atomic E-state index is 0.0412. The molecule has 0 saturated heterocycles. The van der Waals surface area contributed by atoms with Crippen LogP contribution in [0.15, 0.2) is 53.3 Å². The van der Waals surface area contributed by atoms with E-state index in [0.717, 1.165) is 16.7 Å². The fraction of sp³-hybridized carbons (Fsp3) is 0.273. The molecule has 2 N–H and O–H groups in total. The van der Waals surface area contributed by atoms with Crippen molar-refractivity contribution in [2.75, 3.05) is 11.9 Å². The standard InChI is InChI=1S/C22H21F3N4O3/c1-2-26-19(30)12-11-17-21(32)29(18-10-6-5-9-16(18)27-17)13-20(31)28-15-8-4-3-7-14(15)22(23,24)25/h3-10H,2,11-13H2,1H3,(H,26,30)(H,28,31). The Kier molecular flexibility index (Phi) is 6.92. The molecule has 0 unspecified atom stereocenters. The molecule has 2 aromatic carbocycles. The summed E-state index contributed by atoms with van der Waals surface area (Å²) in [5.74, 6) is -1.04. The van der Waals surface area contributed by atoms with Crippen LogP contribution in [0.5, 0.6) is 0 Å². The highest BCUT2D eigenvalue weighted by atomic mass is 19.4. The Morgan fingerprint density at radius 2 is 1.72 bits per heavy atom. The van der Waals surface area contributed by atoms with Gasteiger partial charge in [-0.25, -0.2) is 4.98 Å². The van der Waals surface area contributed by atoms with Gasteiger partial charge in [-0.2, -0.15) is 13.2 Å². The van der Waals surface area contributed by atoms with Crippen LogP contribution in [0.25, 0.3) is 11.0 Å². The number of fused-ring (bicyclic) bond motifs is 1. The predicted molar refractivity (Wildman–Crippen MR) is 113 cm³/mol. The Bertz CT molecular complexity index is 1200. The zero-order chi connectivity index (χ0) is 23.3. The molecule has 1 heterocycles. The van der Waals surface area contributed by atoms with Crippen LogP contribution in [0.1, 0.15) is 24.6 Å². The third-order valence-corrected chi connectivity index (χ3v) is 4.69. The van der Waals surface area contributed by atoms with E-state index < -0.39 is 35.4 Å². The van der Waals surface area contributed by atoms with Gasteiger partial charge in [0.2, 0.25) is 11.8 Å². The molecule has 0 fully saturated rings. The van der Waals surface area contributed by atoms with Crippen molar-refractivity contribution in [3.05, 3.63) is 70.1 Å². The SMILES string of the molecule is CCNC(=O)CCc1nc2ccccc2n(CC(=O)Nc2ccccc2C(F)(F)F)c1=O. The molecule has 0 atom stereocenters. The van der Waals surface area contributed by atoms with Gasteiger partial charge in [-0.15, -0.1) is 0 Å². The lowest BCUT2D eigenvalue weighted by Gasteiger charge is -2.15. The normalized spacial score (nSPS) is 11.4. The molecule has 0 aliphatic carbocycles. The largest absolute Gasteiger partial charge is 0.418 e. The lowest BCUT2D eigenvalue weighted by atomic mass is 10.1. The number of alkyl halides is 3. The topological polar surface area (TPSA) is 93.1 Å². The number of rotatable bonds is 7. The molecule has 0 aliphatic rings. The maximum atomic E-state index is 13.2. The van der Waals surface area contributed by atoms with Gasteiger partial charge in [-0.05, 0) is 31.2 Å². The molecule has 3 rings (SSSR count). The molecule has 0 saturated carbocycles. The minimum atomic E-state index is -4.64. The van der Waals surface area contributed by atoms with E-state index in [-0.39, 0.29) is 24.4 Å². The number of carbonyl (C=O) groups excluding carboxylic acids is 2. The number of hydrogen-bond acceptors (Lipinski definition) is 4. The fourth-order valence-electron chi connectivity index (χ4n) is 3.26. The monoisotopic (exact) mass is 446 g/mol. The van der Waals surface area contributed by atoms with Crippen LogP contribution >= 0.6 is 0 Å². The summed E-state index contributed by atoms with van der Waals surface area (Å²) in [6.45, 7) is 1.71. The zero-order valence-corrected chi connectivity index (χ0v) is 17.2. The van der Waals surface area contributed by atoms with Crippen molar-refractivity contribution in [1.29, 1.82) is 0 Å². The Balaban J connectivity index is 1.91. The van der Waals surface area contributed by atoms with Gasteiger partial charge in [0.1, 0.15) is 12.2 Å². The number of nitrogens with zero attached hydrogens (tertiary/aromatic N) is 2. The number of amides is 2. The van der Waals surface area contributed by atoms with Gasteiger partial charge in [0.05, 0.1) is 22.3 Å². The van der Waals surface area contributed by atoms with Crippen molar-refractivity contribution < 1.29 is 22.8 Å². The summed E-state index contributed by atoms with van der Waals surface area (Å²) in [4.78, 5) is 41.7. The molecule has 10 heteroatoms. The third kappa shape index (κ3) is 5.32. The second-order valence-corrected chi connectivity index (χ2v) is 6.98. The van der Waals surface area contributed by atoms with Crippen LogP contribution in [0.2, 0.25) is 0 Å². The Labute approximate surface area is 181 Å². The highest BCUT2D eigenvalue weighted by molar-refractivity contribution is 5.92. The van der Waals surface area contributed by atoms with Crippen LogP contribution in [-0.2, 0) is 28.7 Å². The molecule has 3 aromatic rings. The van der Waals surface area contributed by atoms with Crippen molar-refractivity contribution in [3.8, 4) is 0 Å². The lowest BCUT2D eigenvalue weighted by molar-refractivity contribution is -0.137. The van der Waals surface area contributed by atoms with E-state index in [2.05, 4.69) is 15.6 Å². The van der Waals surface area contributed by atoms with Gasteiger partial charge in [0.25, 0.3) is 5.56 Å². The molecule has 32 heavy (non-hydrogen) atoms. The van der Waals surface area contributed by atoms with E-state index in [1.165, 1.54) is 12.1 Å². The quantitative estimate of drug-likeness (QED) is 0.583. The average molecular weight is 446 g/mol. The Hall–Kier alpha value is -3.69. The smallest absolute Gasteiger partial charge is 0.356 e. The van der Waals surface area contributed by atoms with Crippen LogP contribution in [-0.4, -0.2) is 27.9 Å². The highest BCUT2D eigenvalue weighted by Gasteiger charge is 2.33. The summed E-state index contributed by atoms with van der Waals surface area (Å²) in [5, 5.41) is 4.87. The van der Waals surface area contributed by atoms with Crippen LogP contribution in [0, 0.1) is 0 Å². The lowest BCUT2D eigenvalue weighted by Crippen LogP contribution is -2.32. The summed E-state index contributed by atoms with van der Waals surface area (Å²) < 4.78 is 40.8. The van der Waals surface area contributed by atoms with E-state index in [0.29, 0.717) is 17.6 Å². The first-order valence-corrected chi connectivity index (χ1v) is 9.92. The van der Waals surface area contributed by atoms with Crippen LogP contribution in [0.4, 0.5) is 18.9 Å². The maximum absolute atomic E-state index is 13.2. The van der Waals surface area contributed by atoms with Crippen molar-refractivity contribution in [1.82, 2.24) is 14.9 Å². The highest BCUT2D eigenvalue weighted by Crippen LogP contribution is 2.34. The van der Waals surface area contributed by atoms with Gasteiger partial charge in [-0.3, -0.25) is 19.0 Å². The van der Waals surface area contributed by atoms with Crippen molar-refractivity contribution in [2.24, 2.45) is 0 Å². The molecule has 1 aromatic heterocycles. The predicted octanol–water partition coefficient (Wildman–Crippen LogP) is 3.12. The molecule has 0 spiro atoms. The molecular weight excluding hydrogens is 425 g/mol. The second-order valence-electron chi connectivity index (χ2n) is 6.98. The molecule has 7 nitrogen and oxygen atoms in total. The first-order chi connectivity index (χ1) is 15.2. The van der Waals surface area contributed by atoms with Gasteiger partial charge in [0.15, 0.2) is 0 Å². The summed E-state index contributed by atoms with van der Waals surface area (Å²) in [7, 11) is 0. The fourth-order valence-corrected chi connectivity index (χ4v) is 3.26. The number of hydrogen-bond donors (Lipinski definition) is 2. The Morgan fingerprint density at radius 3 is 2.44 bits per heavy atom. The first-order valence-electron chi connectivity index (χ1n) is 9.92. The molecule has 0 bridgehead atoms. The molecule has 2 amide bonds. The Morgan fingerprint density at radius 1 is 1.03 bits per heavy atom. The minimum Gasteiger partial charge on any atom is -0.356 e. The number of benzene rings is 2.